The topological polar surface area (TPSA) is 59.6 Å². The van der Waals surface area contributed by atoms with Crippen LogP contribution in [0.1, 0.15) is 12.5 Å². The summed E-state index contributed by atoms with van der Waals surface area (Å²) in [6.07, 6.45) is 0.715. The Morgan fingerprint density at radius 3 is 2.65 bits per heavy atom. The van der Waals surface area contributed by atoms with Gasteiger partial charge in [-0.1, -0.05) is 29.8 Å². The third-order valence-electron chi connectivity index (χ3n) is 3.03. The van der Waals surface area contributed by atoms with E-state index < -0.39 is 0 Å². The summed E-state index contributed by atoms with van der Waals surface area (Å²) in [7, 11) is 0. The van der Waals surface area contributed by atoms with Gasteiger partial charge in [0.15, 0.2) is 5.96 Å². The maximum absolute atomic E-state index is 6.04. The predicted octanol–water partition coefficient (Wildman–Crippen LogP) is 4.33. The first-order valence-electron chi connectivity index (χ1n) is 7.22. The molecule has 2 aromatic rings. The van der Waals surface area contributed by atoms with Gasteiger partial charge in [-0.25, -0.2) is 0 Å². The van der Waals surface area contributed by atoms with Crippen LogP contribution in [-0.4, -0.2) is 19.1 Å². The first kappa shape index (κ1) is 19.6. The van der Waals surface area contributed by atoms with Crippen LogP contribution in [0.3, 0.4) is 0 Å². The van der Waals surface area contributed by atoms with Gasteiger partial charge in [-0.15, -0.1) is 24.0 Å². The van der Waals surface area contributed by atoms with Gasteiger partial charge in [0.2, 0.25) is 0 Å². The summed E-state index contributed by atoms with van der Waals surface area (Å²) < 4.78 is 5.59. The molecule has 0 saturated carbocycles. The lowest BCUT2D eigenvalue weighted by atomic mass is 10.1. The molecule has 2 aromatic carbocycles. The molecule has 3 N–H and O–H groups in total. The number of ether oxygens (including phenoxy) is 1. The van der Waals surface area contributed by atoms with E-state index in [-0.39, 0.29) is 24.0 Å². The number of anilines is 1. The molecule has 0 aliphatic heterocycles. The minimum absolute atomic E-state index is 0. The minimum Gasteiger partial charge on any atom is -0.494 e. The molecule has 0 saturated heterocycles. The quantitative estimate of drug-likeness (QED) is 0.395. The Kier molecular flexibility index (Phi) is 8.79. The van der Waals surface area contributed by atoms with Gasteiger partial charge in [0.05, 0.1) is 6.61 Å². The van der Waals surface area contributed by atoms with Crippen molar-refractivity contribution in [2.24, 2.45) is 10.7 Å². The Morgan fingerprint density at radius 2 is 1.96 bits per heavy atom. The predicted molar refractivity (Wildman–Crippen MR) is 108 cm³/mol. The van der Waals surface area contributed by atoms with E-state index in [4.69, 9.17) is 22.1 Å². The first-order chi connectivity index (χ1) is 10.7. The monoisotopic (exact) mass is 445 g/mol. The Bertz CT molecular complexity index is 635. The average Bonchev–Trinajstić information content (AvgIpc) is 2.51. The summed E-state index contributed by atoms with van der Waals surface area (Å²) in [4.78, 5) is 4.33. The fourth-order valence-electron chi connectivity index (χ4n) is 2.05. The maximum atomic E-state index is 6.04. The zero-order valence-electron chi connectivity index (χ0n) is 13.0. The van der Waals surface area contributed by atoms with Crippen molar-refractivity contribution in [3.8, 4) is 5.75 Å². The summed E-state index contributed by atoms with van der Waals surface area (Å²) in [5, 5.41) is 3.74. The standard InChI is InChI=1S/C17H20ClN3O.HI/c1-2-22-16-9-8-14(18)12-13(16)10-11-20-17(19)21-15-6-4-3-5-7-15;/h3-9,12H,2,10-11H2,1H3,(H3,19,20,21);1H. The lowest BCUT2D eigenvalue weighted by Gasteiger charge is -2.10. The van der Waals surface area contributed by atoms with Crippen molar-refractivity contribution in [2.45, 2.75) is 13.3 Å². The van der Waals surface area contributed by atoms with Crippen LogP contribution in [0, 0.1) is 0 Å². The summed E-state index contributed by atoms with van der Waals surface area (Å²) in [6, 6.07) is 15.3. The van der Waals surface area contributed by atoms with Gasteiger partial charge < -0.3 is 15.8 Å². The normalized spacial score (nSPS) is 10.8. The van der Waals surface area contributed by atoms with E-state index in [1.807, 2.05) is 55.5 Å². The third kappa shape index (κ3) is 6.66. The Balaban J connectivity index is 0.00000264. The maximum Gasteiger partial charge on any atom is 0.193 e. The molecule has 23 heavy (non-hydrogen) atoms. The van der Waals surface area contributed by atoms with Gasteiger partial charge in [-0.2, -0.15) is 0 Å². The number of nitrogens with one attached hydrogen (secondary N) is 1. The molecular formula is C17H21ClIN3O. The molecule has 0 fully saturated rings. The molecule has 0 spiro atoms. The number of aliphatic imine (C=N–C) groups is 1. The van der Waals surface area contributed by atoms with E-state index >= 15 is 0 Å². The van der Waals surface area contributed by atoms with Crippen LogP contribution in [0.2, 0.25) is 5.02 Å². The van der Waals surface area contributed by atoms with E-state index in [9.17, 15) is 0 Å². The van der Waals surface area contributed by atoms with E-state index in [2.05, 4.69) is 10.3 Å². The molecule has 0 aromatic heterocycles. The van der Waals surface area contributed by atoms with Crippen LogP contribution in [0.4, 0.5) is 5.69 Å². The van der Waals surface area contributed by atoms with Crippen LogP contribution in [0.25, 0.3) is 0 Å². The van der Waals surface area contributed by atoms with E-state index in [0.29, 0.717) is 30.6 Å². The van der Waals surface area contributed by atoms with Gasteiger partial charge in [-0.05, 0) is 49.2 Å². The fourth-order valence-corrected chi connectivity index (χ4v) is 2.24. The zero-order chi connectivity index (χ0) is 15.8. The van der Waals surface area contributed by atoms with Crippen molar-refractivity contribution in [1.82, 2.24) is 0 Å². The van der Waals surface area contributed by atoms with Gasteiger partial charge in [0.25, 0.3) is 0 Å². The molecule has 0 bridgehead atoms. The molecule has 6 heteroatoms. The van der Waals surface area contributed by atoms with E-state index in [1.165, 1.54) is 0 Å². The number of benzene rings is 2. The number of halogens is 2. The van der Waals surface area contributed by atoms with E-state index in [0.717, 1.165) is 17.0 Å². The lowest BCUT2D eigenvalue weighted by Crippen LogP contribution is -2.23. The fraction of sp³-hybridized carbons (Fsp3) is 0.235. The van der Waals surface area contributed by atoms with Gasteiger partial charge in [0.1, 0.15) is 5.75 Å². The largest absolute Gasteiger partial charge is 0.494 e. The molecule has 0 unspecified atom stereocenters. The van der Waals surface area contributed by atoms with Crippen LogP contribution in [-0.2, 0) is 6.42 Å². The number of hydrogen-bond donors (Lipinski definition) is 2. The summed E-state index contributed by atoms with van der Waals surface area (Å²) in [5.41, 5.74) is 7.83. The molecule has 0 aliphatic carbocycles. The van der Waals surface area contributed by atoms with Crippen LogP contribution in [0.5, 0.6) is 5.75 Å². The number of hydrogen-bond acceptors (Lipinski definition) is 2. The Hall–Kier alpha value is -1.47. The molecule has 0 aliphatic rings. The number of nitrogens with zero attached hydrogens (tertiary/aromatic N) is 1. The van der Waals surface area contributed by atoms with Crippen molar-refractivity contribution in [2.75, 3.05) is 18.5 Å². The number of para-hydroxylation sites is 1. The Morgan fingerprint density at radius 1 is 1.22 bits per heavy atom. The van der Waals surface area contributed by atoms with Crippen molar-refractivity contribution < 1.29 is 4.74 Å². The highest BCUT2D eigenvalue weighted by Crippen LogP contribution is 2.23. The van der Waals surface area contributed by atoms with Crippen LogP contribution < -0.4 is 15.8 Å². The molecule has 0 radical (unpaired) electrons. The van der Waals surface area contributed by atoms with Crippen molar-refractivity contribution in [1.29, 1.82) is 0 Å². The first-order valence-corrected chi connectivity index (χ1v) is 7.60. The molecule has 2 rings (SSSR count). The second-order valence-corrected chi connectivity index (χ2v) is 5.13. The number of nitrogens with two attached hydrogens (primary N) is 1. The molecule has 0 amide bonds. The average molecular weight is 446 g/mol. The minimum atomic E-state index is 0. The molecule has 4 nitrogen and oxygen atoms in total. The third-order valence-corrected chi connectivity index (χ3v) is 3.27. The van der Waals surface area contributed by atoms with Gasteiger partial charge in [-0.3, -0.25) is 4.99 Å². The number of rotatable bonds is 6. The second-order valence-electron chi connectivity index (χ2n) is 4.69. The van der Waals surface area contributed by atoms with E-state index in [1.54, 1.807) is 0 Å². The molecule has 0 heterocycles. The Labute approximate surface area is 159 Å². The smallest absolute Gasteiger partial charge is 0.193 e. The molecular weight excluding hydrogens is 425 g/mol. The zero-order valence-corrected chi connectivity index (χ0v) is 16.0. The van der Waals surface area contributed by atoms with Crippen LogP contribution in [0.15, 0.2) is 53.5 Å². The van der Waals surface area contributed by atoms with Crippen molar-refractivity contribution in [3.05, 3.63) is 59.1 Å². The molecule has 124 valence electrons. The van der Waals surface area contributed by atoms with Crippen molar-refractivity contribution >= 4 is 47.2 Å². The highest BCUT2D eigenvalue weighted by atomic mass is 127. The summed E-state index contributed by atoms with van der Waals surface area (Å²) in [6.45, 7) is 3.14. The van der Waals surface area contributed by atoms with Crippen LogP contribution >= 0.6 is 35.6 Å². The number of guanidine groups is 1. The highest BCUT2D eigenvalue weighted by Gasteiger charge is 2.04. The SMILES string of the molecule is CCOc1ccc(Cl)cc1CCN=C(N)Nc1ccccc1.I. The summed E-state index contributed by atoms with van der Waals surface area (Å²) >= 11 is 6.04. The van der Waals surface area contributed by atoms with Gasteiger partial charge >= 0.3 is 0 Å². The lowest BCUT2D eigenvalue weighted by molar-refractivity contribution is 0.336. The summed E-state index contributed by atoms with van der Waals surface area (Å²) in [5.74, 6) is 1.24. The molecule has 0 atom stereocenters. The second kappa shape index (κ2) is 10.3. The van der Waals surface area contributed by atoms with Gasteiger partial charge in [0, 0.05) is 17.3 Å². The van der Waals surface area contributed by atoms with Crippen molar-refractivity contribution in [3.63, 3.8) is 0 Å². The highest BCUT2D eigenvalue weighted by molar-refractivity contribution is 14.0.